The van der Waals surface area contributed by atoms with Gasteiger partial charge in [-0.3, -0.25) is 4.79 Å². The lowest BCUT2D eigenvalue weighted by Crippen LogP contribution is -2.37. The molecule has 2 N–H and O–H groups in total. The Morgan fingerprint density at radius 1 is 1.50 bits per heavy atom. The fourth-order valence-electron chi connectivity index (χ4n) is 2.28. The lowest BCUT2D eigenvalue weighted by atomic mass is 9.91. The van der Waals surface area contributed by atoms with Crippen LogP contribution in [0.1, 0.15) is 31.6 Å². The van der Waals surface area contributed by atoms with E-state index in [2.05, 4.69) is 42.0 Å². The number of carbonyl (C=O) groups is 1. The van der Waals surface area contributed by atoms with Crippen molar-refractivity contribution in [1.29, 1.82) is 0 Å². The highest BCUT2D eigenvalue weighted by Crippen LogP contribution is 2.26. The van der Waals surface area contributed by atoms with Gasteiger partial charge in [0.2, 0.25) is 5.91 Å². The van der Waals surface area contributed by atoms with Crippen molar-refractivity contribution >= 4 is 29.0 Å². The summed E-state index contributed by atoms with van der Waals surface area (Å²) in [6.07, 6.45) is 2.36. The lowest BCUT2D eigenvalue weighted by molar-refractivity contribution is -0.118. The smallest absolute Gasteiger partial charge is 0.230 e. The first-order valence-electron chi connectivity index (χ1n) is 7.21. The molecule has 1 amide bonds. The number of hydrogen-bond donors (Lipinski definition) is 2. The first-order chi connectivity index (χ1) is 9.58. The number of hydrogen-bond acceptors (Lipinski definition) is 4. The van der Waals surface area contributed by atoms with Crippen molar-refractivity contribution in [3.8, 4) is 0 Å². The zero-order valence-electron chi connectivity index (χ0n) is 12.3. The first-order valence-corrected chi connectivity index (χ1v) is 9.14. The van der Waals surface area contributed by atoms with Gasteiger partial charge in [0.15, 0.2) is 0 Å². The van der Waals surface area contributed by atoms with Gasteiger partial charge in [-0.1, -0.05) is 19.9 Å². The molecule has 1 saturated heterocycles. The molecule has 0 bridgehead atoms. The molecule has 2 rings (SSSR count). The van der Waals surface area contributed by atoms with Crippen LogP contribution in [0.2, 0.25) is 0 Å². The molecule has 0 spiro atoms. The van der Waals surface area contributed by atoms with E-state index < -0.39 is 0 Å². The van der Waals surface area contributed by atoms with Crippen LogP contribution in [0.15, 0.2) is 17.5 Å². The molecule has 0 aromatic carbocycles. The van der Waals surface area contributed by atoms with Crippen molar-refractivity contribution in [2.24, 2.45) is 0 Å². The topological polar surface area (TPSA) is 41.1 Å². The molecule has 1 aromatic heterocycles. The minimum atomic E-state index is 0.0171. The van der Waals surface area contributed by atoms with Crippen molar-refractivity contribution in [2.45, 2.75) is 37.4 Å². The average molecular weight is 313 g/mol. The Labute approximate surface area is 129 Å². The molecule has 5 heteroatoms. The van der Waals surface area contributed by atoms with Crippen LogP contribution < -0.4 is 10.6 Å². The van der Waals surface area contributed by atoms with Crippen molar-refractivity contribution in [2.75, 3.05) is 25.4 Å². The molecule has 20 heavy (non-hydrogen) atoms. The van der Waals surface area contributed by atoms with Gasteiger partial charge in [0.1, 0.15) is 0 Å². The summed E-state index contributed by atoms with van der Waals surface area (Å²) in [6, 6.07) is 4.21. The highest BCUT2D eigenvalue weighted by atomic mass is 32.2. The molecule has 0 radical (unpaired) electrons. The van der Waals surface area contributed by atoms with Crippen molar-refractivity contribution in [3.05, 3.63) is 22.4 Å². The largest absolute Gasteiger partial charge is 0.354 e. The van der Waals surface area contributed by atoms with E-state index in [-0.39, 0.29) is 11.3 Å². The summed E-state index contributed by atoms with van der Waals surface area (Å²) < 4.78 is 0. The van der Waals surface area contributed by atoms with Crippen molar-refractivity contribution < 1.29 is 4.79 Å². The molecule has 1 fully saturated rings. The number of amides is 1. The molecule has 2 heterocycles. The second-order valence-electron chi connectivity index (χ2n) is 5.90. The molecule has 3 nitrogen and oxygen atoms in total. The van der Waals surface area contributed by atoms with Crippen LogP contribution in [-0.2, 0) is 10.2 Å². The normalized spacial score (nSPS) is 17.1. The highest BCUT2D eigenvalue weighted by molar-refractivity contribution is 8.00. The molecule has 0 atom stereocenters. The summed E-state index contributed by atoms with van der Waals surface area (Å²) in [7, 11) is 0. The predicted octanol–water partition coefficient (Wildman–Crippen LogP) is 2.63. The number of rotatable bonds is 6. The summed E-state index contributed by atoms with van der Waals surface area (Å²) in [5.41, 5.74) is 0.0171. The molecule has 1 aromatic rings. The maximum absolute atomic E-state index is 12.0. The highest BCUT2D eigenvalue weighted by Gasteiger charge is 2.22. The molecule has 0 saturated carbocycles. The van der Waals surface area contributed by atoms with Crippen LogP contribution >= 0.6 is 23.1 Å². The molecule has 1 aliphatic rings. The first kappa shape index (κ1) is 15.9. The molecule has 1 aliphatic heterocycles. The number of carbonyl (C=O) groups excluding carboxylic acids is 1. The summed E-state index contributed by atoms with van der Waals surface area (Å²) in [6.45, 7) is 7.24. The third kappa shape index (κ3) is 4.79. The molecular weight excluding hydrogens is 288 g/mol. The Bertz CT molecular complexity index is 412. The van der Waals surface area contributed by atoms with Gasteiger partial charge in [-0.05, 0) is 37.4 Å². The summed E-state index contributed by atoms with van der Waals surface area (Å²) in [5, 5.41) is 9.17. The maximum atomic E-state index is 12.0. The Hall–Kier alpha value is -0.520. The number of thioether (sulfide) groups is 1. The van der Waals surface area contributed by atoms with Crippen LogP contribution in [0.3, 0.4) is 0 Å². The Morgan fingerprint density at radius 2 is 2.25 bits per heavy atom. The van der Waals surface area contributed by atoms with Gasteiger partial charge >= 0.3 is 0 Å². The van der Waals surface area contributed by atoms with Crippen LogP contribution in [0, 0.1) is 0 Å². The molecular formula is C15H24N2OS2. The second kappa shape index (κ2) is 7.48. The number of piperidine rings is 1. The quantitative estimate of drug-likeness (QED) is 0.848. The second-order valence-corrected chi connectivity index (χ2v) is 8.13. The summed E-state index contributed by atoms with van der Waals surface area (Å²) in [5.74, 6) is 0.753. The van der Waals surface area contributed by atoms with Crippen molar-refractivity contribution in [1.82, 2.24) is 10.6 Å². The van der Waals surface area contributed by atoms with E-state index in [9.17, 15) is 4.79 Å². The third-order valence-electron chi connectivity index (χ3n) is 3.65. The van der Waals surface area contributed by atoms with E-state index in [1.807, 2.05) is 0 Å². The van der Waals surface area contributed by atoms with Crippen LogP contribution in [-0.4, -0.2) is 36.5 Å². The van der Waals surface area contributed by atoms with Gasteiger partial charge in [-0.2, -0.15) is 0 Å². The van der Waals surface area contributed by atoms with Gasteiger partial charge in [0, 0.05) is 22.1 Å². The van der Waals surface area contributed by atoms with E-state index in [4.69, 9.17) is 0 Å². The average Bonchev–Trinajstić information content (AvgIpc) is 2.99. The maximum Gasteiger partial charge on any atom is 0.230 e. The molecule has 0 aliphatic carbocycles. The molecule has 112 valence electrons. The Morgan fingerprint density at radius 3 is 2.90 bits per heavy atom. The van der Waals surface area contributed by atoms with Crippen LogP contribution in [0.5, 0.6) is 0 Å². The number of nitrogens with one attached hydrogen (secondary N) is 2. The Balaban J connectivity index is 1.69. The van der Waals surface area contributed by atoms with Gasteiger partial charge < -0.3 is 10.6 Å². The van der Waals surface area contributed by atoms with Gasteiger partial charge in [0.05, 0.1) is 5.75 Å². The summed E-state index contributed by atoms with van der Waals surface area (Å²) in [4.78, 5) is 13.3. The monoisotopic (exact) mass is 312 g/mol. The standard InChI is InChI=1S/C15H24N2OS2/c1-15(2,13-4-3-9-19-13)11-17-14(18)10-20-12-5-7-16-8-6-12/h3-4,9,12,16H,5-8,10-11H2,1-2H3,(H,17,18). The zero-order valence-corrected chi connectivity index (χ0v) is 13.9. The fourth-order valence-corrected chi connectivity index (χ4v) is 4.19. The minimum absolute atomic E-state index is 0.0171. The van der Waals surface area contributed by atoms with E-state index >= 15 is 0 Å². The van der Waals surface area contributed by atoms with E-state index in [0.717, 1.165) is 13.1 Å². The van der Waals surface area contributed by atoms with Gasteiger partial charge in [-0.25, -0.2) is 0 Å². The van der Waals surface area contributed by atoms with Gasteiger partial charge in [-0.15, -0.1) is 23.1 Å². The zero-order chi connectivity index (χ0) is 14.4. The fraction of sp³-hybridized carbons (Fsp3) is 0.667. The van der Waals surface area contributed by atoms with Crippen LogP contribution in [0.25, 0.3) is 0 Å². The van der Waals surface area contributed by atoms with Crippen LogP contribution in [0.4, 0.5) is 0 Å². The van der Waals surface area contributed by atoms with Gasteiger partial charge in [0.25, 0.3) is 0 Å². The minimum Gasteiger partial charge on any atom is -0.354 e. The third-order valence-corrected chi connectivity index (χ3v) is 6.26. The number of thiophene rings is 1. The van der Waals surface area contributed by atoms with E-state index in [0.29, 0.717) is 17.5 Å². The molecule has 0 unspecified atom stereocenters. The summed E-state index contributed by atoms with van der Waals surface area (Å²) >= 11 is 3.56. The van der Waals surface area contributed by atoms with Crippen molar-refractivity contribution in [3.63, 3.8) is 0 Å². The SMILES string of the molecule is CC(C)(CNC(=O)CSC1CCNCC1)c1cccs1. The predicted molar refractivity (Wildman–Crippen MR) is 88.7 cm³/mol. The lowest BCUT2D eigenvalue weighted by Gasteiger charge is -2.24. The van der Waals surface area contributed by atoms with E-state index in [1.165, 1.54) is 17.7 Å². The Kier molecular flexibility index (Phi) is 5.93. The van der Waals surface area contributed by atoms with E-state index in [1.54, 1.807) is 23.1 Å².